The van der Waals surface area contributed by atoms with E-state index in [1.807, 2.05) is 7.05 Å². The molecule has 7 heteroatoms. The number of carbonyl (C=O) groups is 3. The first-order valence-corrected chi connectivity index (χ1v) is 10.5. The van der Waals surface area contributed by atoms with Gasteiger partial charge in [0.05, 0.1) is 0 Å². The second-order valence-corrected chi connectivity index (χ2v) is 8.63. The fourth-order valence-corrected chi connectivity index (χ4v) is 4.09. The molecule has 1 aromatic carbocycles. The largest absolute Gasteiger partial charge is 0.344 e. The van der Waals surface area contributed by atoms with Gasteiger partial charge in [-0.2, -0.15) is 5.01 Å². The zero-order valence-corrected chi connectivity index (χ0v) is 17.7. The minimum Gasteiger partial charge on any atom is -0.322 e. The lowest BCUT2D eigenvalue weighted by molar-refractivity contribution is -0.140. The van der Waals surface area contributed by atoms with Gasteiger partial charge in [-0.15, -0.1) is 0 Å². The number of hydrogen-bond donors (Lipinski definition) is 2. The van der Waals surface area contributed by atoms with Crippen LogP contribution < -0.4 is 10.7 Å². The van der Waals surface area contributed by atoms with Crippen LogP contribution in [0.2, 0.25) is 0 Å². The Morgan fingerprint density at radius 1 is 1.17 bits per heavy atom. The molecule has 2 aliphatic rings. The Kier molecular flexibility index (Phi) is 6.57. The molecule has 3 rings (SSSR count). The van der Waals surface area contributed by atoms with E-state index in [-0.39, 0.29) is 18.2 Å². The maximum Gasteiger partial charge on any atom is 0.344 e. The second-order valence-electron chi connectivity index (χ2n) is 8.63. The first-order valence-electron chi connectivity index (χ1n) is 10.5. The van der Waals surface area contributed by atoms with Crippen LogP contribution in [0.3, 0.4) is 0 Å². The molecule has 1 aliphatic heterocycles. The summed E-state index contributed by atoms with van der Waals surface area (Å²) in [4.78, 5) is 39.3. The van der Waals surface area contributed by atoms with Gasteiger partial charge in [-0.25, -0.2) is 4.79 Å². The van der Waals surface area contributed by atoms with Gasteiger partial charge in [-0.1, -0.05) is 57.4 Å². The van der Waals surface area contributed by atoms with Crippen molar-refractivity contribution in [3.8, 4) is 0 Å². The van der Waals surface area contributed by atoms with Crippen molar-refractivity contribution in [3.05, 3.63) is 35.4 Å². The third-order valence-corrected chi connectivity index (χ3v) is 5.92. The van der Waals surface area contributed by atoms with Crippen LogP contribution >= 0.6 is 0 Å². The Bertz CT molecular complexity index is 754. The Morgan fingerprint density at radius 3 is 2.45 bits per heavy atom. The van der Waals surface area contributed by atoms with Crippen LogP contribution in [0.5, 0.6) is 0 Å². The third kappa shape index (κ3) is 4.96. The van der Waals surface area contributed by atoms with E-state index in [1.54, 1.807) is 0 Å². The van der Waals surface area contributed by atoms with Crippen LogP contribution in [0, 0.1) is 0 Å². The van der Waals surface area contributed by atoms with E-state index in [0.717, 1.165) is 30.8 Å². The molecule has 4 amide bonds. The highest BCUT2D eigenvalue weighted by Crippen LogP contribution is 2.33. The molecule has 0 bridgehead atoms. The van der Waals surface area contributed by atoms with Crippen molar-refractivity contribution in [1.82, 2.24) is 20.7 Å². The molecule has 1 aliphatic carbocycles. The molecule has 2 N–H and O–H groups in total. The second kappa shape index (κ2) is 8.95. The van der Waals surface area contributed by atoms with E-state index in [2.05, 4.69) is 53.8 Å². The first-order chi connectivity index (χ1) is 13.8. The minimum atomic E-state index is -0.818. The fraction of sp³-hybridized carbons (Fsp3) is 0.591. The lowest BCUT2D eigenvalue weighted by atomic mass is 9.82. The maximum atomic E-state index is 12.7. The number of hydrazine groups is 1. The van der Waals surface area contributed by atoms with Crippen LogP contribution in [-0.2, 0) is 16.1 Å². The number of carbonyl (C=O) groups excluding carboxylic acids is 3. The van der Waals surface area contributed by atoms with Crippen molar-refractivity contribution in [2.45, 2.75) is 70.4 Å². The summed E-state index contributed by atoms with van der Waals surface area (Å²) in [6.45, 7) is 5.60. The average Bonchev–Trinajstić information content (AvgIpc) is 2.91. The third-order valence-electron chi connectivity index (χ3n) is 5.92. The number of rotatable bonds is 7. The van der Waals surface area contributed by atoms with E-state index < -0.39 is 11.6 Å². The molecule has 1 saturated carbocycles. The predicted octanol–water partition coefficient (Wildman–Crippen LogP) is 2.92. The van der Waals surface area contributed by atoms with Crippen LogP contribution in [0.25, 0.3) is 0 Å². The van der Waals surface area contributed by atoms with E-state index in [4.69, 9.17) is 0 Å². The molecular weight excluding hydrogens is 368 g/mol. The highest BCUT2D eigenvalue weighted by molar-refractivity contribution is 6.08. The molecule has 2 fully saturated rings. The monoisotopic (exact) mass is 400 g/mol. The molecule has 0 radical (unpaired) electrons. The number of imide groups is 1. The van der Waals surface area contributed by atoms with Gasteiger partial charge in [-0.3, -0.25) is 15.0 Å². The summed E-state index contributed by atoms with van der Waals surface area (Å²) in [7, 11) is 1.95. The average molecular weight is 401 g/mol. The summed E-state index contributed by atoms with van der Waals surface area (Å²) in [5.41, 5.74) is 4.17. The van der Waals surface area contributed by atoms with Crippen LogP contribution in [0.4, 0.5) is 4.79 Å². The van der Waals surface area contributed by atoms with Gasteiger partial charge in [-0.05, 0) is 36.9 Å². The summed E-state index contributed by atoms with van der Waals surface area (Å²) < 4.78 is 0. The van der Waals surface area contributed by atoms with Crippen molar-refractivity contribution in [1.29, 1.82) is 0 Å². The van der Waals surface area contributed by atoms with Gasteiger partial charge < -0.3 is 10.2 Å². The lowest BCUT2D eigenvalue weighted by Gasteiger charge is -2.30. The van der Waals surface area contributed by atoms with Crippen molar-refractivity contribution in [3.63, 3.8) is 0 Å². The molecular formula is C22H32N4O3. The number of urea groups is 1. The van der Waals surface area contributed by atoms with E-state index >= 15 is 0 Å². The lowest BCUT2D eigenvalue weighted by Crippen LogP contribution is -2.51. The van der Waals surface area contributed by atoms with Gasteiger partial charge in [0, 0.05) is 19.5 Å². The summed E-state index contributed by atoms with van der Waals surface area (Å²) in [5.74, 6) is -0.152. The Morgan fingerprint density at radius 2 is 1.83 bits per heavy atom. The number of amides is 4. The van der Waals surface area contributed by atoms with Crippen LogP contribution in [0.15, 0.2) is 24.3 Å². The summed E-state index contributed by atoms with van der Waals surface area (Å²) in [6.07, 6.45) is 4.40. The quantitative estimate of drug-likeness (QED) is 0.690. The summed E-state index contributed by atoms with van der Waals surface area (Å²) in [5, 5.41) is 3.67. The van der Waals surface area contributed by atoms with Crippen molar-refractivity contribution in [2.75, 3.05) is 13.6 Å². The van der Waals surface area contributed by atoms with E-state index in [1.165, 1.54) is 11.1 Å². The van der Waals surface area contributed by atoms with E-state index in [0.29, 0.717) is 25.3 Å². The van der Waals surface area contributed by atoms with Gasteiger partial charge in [0.25, 0.3) is 5.91 Å². The highest BCUT2D eigenvalue weighted by Gasteiger charge is 2.52. The molecule has 1 heterocycles. The van der Waals surface area contributed by atoms with Crippen molar-refractivity contribution in [2.24, 2.45) is 0 Å². The topological polar surface area (TPSA) is 81.8 Å². The number of benzene rings is 1. The minimum absolute atomic E-state index is 0.213. The maximum absolute atomic E-state index is 12.7. The molecule has 7 nitrogen and oxygen atoms in total. The molecule has 0 atom stereocenters. The van der Waals surface area contributed by atoms with Crippen LogP contribution in [-0.4, -0.2) is 46.9 Å². The van der Waals surface area contributed by atoms with Crippen molar-refractivity contribution >= 4 is 17.8 Å². The van der Waals surface area contributed by atoms with Crippen molar-refractivity contribution < 1.29 is 14.4 Å². The summed E-state index contributed by atoms with van der Waals surface area (Å²) in [6, 6.07) is 7.98. The molecule has 1 saturated heterocycles. The molecule has 1 aromatic rings. The van der Waals surface area contributed by atoms with Gasteiger partial charge >= 0.3 is 6.03 Å². The standard InChI is InChI=1S/C22H32N4O3/c1-16(2)18-9-7-17(8-10-18)15-25(3)14-11-19(27)24-26-20(28)22(23-21(26)29)12-5-4-6-13-22/h7-10,16H,4-6,11-15H2,1-3H3,(H,23,29)(H,24,27). The zero-order valence-electron chi connectivity index (χ0n) is 17.7. The smallest absolute Gasteiger partial charge is 0.322 e. The molecule has 0 unspecified atom stereocenters. The van der Waals surface area contributed by atoms with Gasteiger partial charge in [0.15, 0.2) is 0 Å². The highest BCUT2D eigenvalue weighted by atomic mass is 16.2. The Labute approximate surface area is 172 Å². The van der Waals surface area contributed by atoms with Gasteiger partial charge in [0.2, 0.25) is 5.91 Å². The van der Waals surface area contributed by atoms with E-state index in [9.17, 15) is 14.4 Å². The summed E-state index contributed by atoms with van der Waals surface area (Å²) >= 11 is 0. The number of nitrogens with one attached hydrogen (secondary N) is 2. The number of nitrogens with zero attached hydrogens (tertiary/aromatic N) is 2. The fourth-order valence-electron chi connectivity index (χ4n) is 4.09. The Balaban J connectivity index is 1.47. The zero-order chi connectivity index (χ0) is 21.0. The Hall–Kier alpha value is -2.41. The number of hydrogen-bond acceptors (Lipinski definition) is 4. The van der Waals surface area contributed by atoms with Crippen LogP contribution in [0.1, 0.15) is 69.4 Å². The molecule has 29 heavy (non-hydrogen) atoms. The first kappa shape index (κ1) is 21.3. The molecule has 158 valence electrons. The molecule has 0 aromatic heterocycles. The molecule has 1 spiro atoms. The van der Waals surface area contributed by atoms with Gasteiger partial charge in [0.1, 0.15) is 5.54 Å². The SMILES string of the molecule is CC(C)c1ccc(CN(C)CCC(=O)NN2C(=O)NC3(CCCCC3)C2=O)cc1. The normalized spacial score (nSPS) is 18.6. The predicted molar refractivity (Wildman–Crippen MR) is 111 cm³/mol.